The Labute approximate surface area is 122 Å². The van der Waals surface area contributed by atoms with Crippen molar-refractivity contribution in [3.63, 3.8) is 0 Å². The van der Waals surface area contributed by atoms with E-state index in [1.54, 1.807) is 0 Å². The van der Waals surface area contributed by atoms with Crippen LogP contribution in [0.4, 0.5) is 5.13 Å². The summed E-state index contributed by atoms with van der Waals surface area (Å²) in [7, 11) is 0. The first-order valence-electron chi connectivity index (χ1n) is 6.50. The van der Waals surface area contributed by atoms with Gasteiger partial charge >= 0.3 is 0 Å². The van der Waals surface area contributed by atoms with Crippen LogP contribution in [0.5, 0.6) is 0 Å². The van der Waals surface area contributed by atoms with Crippen LogP contribution in [-0.2, 0) is 11.2 Å². The first-order chi connectivity index (χ1) is 9.56. The highest BCUT2D eigenvalue weighted by Crippen LogP contribution is 2.20. The summed E-state index contributed by atoms with van der Waals surface area (Å²) in [5, 5.41) is 12.2. The Hall–Kier alpha value is -1.79. The van der Waals surface area contributed by atoms with Crippen molar-refractivity contribution in [2.75, 3.05) is 5.32 Å². The number of benzene rings is 1. The molecule has 2 rings (SSSR count). The summed E-state index contributed by atoms with van der Waals surface area (Å²) in [6.45, 7) is 4.23. The number of aromatic nitrogens is 2. The highest BCUT2D eigenvalue weighted by molar-refractivity contribution is 7.15. The fourth-order valence-electron chi connectivity index (χ4n) is 1.73. The maximum atomic E-state index is 12.0. The number of nitrogens with one attached hydrogen (secondary N) is 1. The molecule has 0 saturated heterocycles. The quantitative estimate of drug-likeness (QED) is 0.886. The number of hydrogen-bond donors (Lipinski definition) is 2. The van der Waals surface area contributed by atoms with E-state index < -0.39 is 6.04 Å². The third kappa shape index (κ3) is 3.85. The van der Waals surface area contributed by atoms with E-state index >= 15 is 0 Å². The normalized spacial score (nSPS) is 12.4. The van der Waals surface area contributed by atoms with Gasteiger partial charge in [0.15, 0.2) is 0 Å². The Morgan fingerprint density at radius 3 is 2.65 bits per heavy atom. The summed E-state index contributed by atoms with van der Waals surface area (Å²) < 4.78 is 0. The predicted octanol–water partition coefficient (Wildman–Crippen LogP) is 2.38. The molecule has 1 aromatic heterocycles. The third-order valence-electron chi connectivity index (χ3n) is 2.72. The molecular weight excluding hydrogens is 272 g/mol. The Balaban J connectivity index is 1.99. The Bertz CT molecular complexity index is 568. The van der Waals surface area contributed by atoms with Gasteiger partial charge in [0.2, 0.25) is 11.0 Å². The zero-order valence-corrected chi connectivity index (χ0v) is 12.4. The van der Waals surface area contributed by atoms with Crippen LogP contribution in [0.25, 0.3) is 0 Å². The van der Waals surface area contributed by atoms with Crippen LogP contribution in [0, 0.1) is 5.92 Å². The van der Waals surface area contributed by atoms with Crippen molar-refractivity contribution in [3.05, 3.63) is 40.9 Å². The lowest BCUT2D eigenvalue weighted by Gasteiger charge is -2.10. The minimum absolute atomic E-state index is 0.275. The third-order valence-corrected chi connectivity index (χ3v) is 3.58. The van der Waals surface area contributed by atoms with Crippen LogP contribution < -0.4 is 11.1 Å². The summed E-state index contributed by atoms with van der Waals surface area (Å²) in [4.78, 5) is 12.0. The number of nitrogens with two attached hydrogens (primary N) is 1. The van der Waals surface area contributed by atoms with Crippen LogP contribution in [0.3, 0.4) is 0 Å². The van der Waals surface area contributed by atoms with E-state index in [2.05, 4.69) is 29.4 Å². The average Bonchev–Trinajstić information content (AvgIpc) is 2.85. The van der Waals surface area contributed by atoms with E-state index in [-0.39, 0.29) is 5.91 Å². The standard InChI is InChI=1S/C14H18N4OS/c1-9(2)8-11-17-18-14(20-11)16-13(19)12(15)10-6-4-3-5-7-10/h3-7,9,12H,8,15H2,1-2H3,(H,16,18,19)/t12-/m0/s1. The molecule has 1 heterocycles. The van der Waals surface area contributed by atoms with E-state index in [0.717, 1.165) is 17.0 Å². The minimum atomic E-state index is -0.700. The van der Waals surface area contributed by atoms with Gasteiger partial charge in [0.05, 0.1) is 0 Å². The zero-order valence-electron chi connectivity index (χ0n) is 11.5. The van der Waals surface area contributed by atoms with E-state index in [1.807, 2.05) is 30.3 Å². The second-order valence-electron chi connectivity index (χ2n) is 4.98. The van der Waals surface area contributed by atoms with Gasteiger partial charge in [-0.3, -0.25) is 10.1 Å². The number of amides is 1. The summed E-state index contributed by atoms with van der Waals surface area (Å²) in [6, 6.07) is 8.55. The second kappa shape index (κ2) is 6.58. The number of nitrogens with zero attached hydrogens (tertiary/aromatic N) is 2. The Kier molecular flexibility index (Phi) is 4.81. The van der Waals surface area contributed by atoms with Gasteiger partial charge in [-0.25, -0.2) is 0 Å². The number of anilines is 1. The number of carbonyl (C=O) groups is 1. The van der Waals surface area contributed by atoms with Crippen molar-refractivity contribution < 1.29 is 4.79 Å². The summed E-state index contributed by atoms with van der Waals surface area (Å²) in [5.74, 6) is 0.238. The van der Waals surface area contributed by atoms with Gasteiger partial charge < -0.3 is 5.73 Å². The lowest BCUT2D eigenvalue weighted by molar-refractivity contribution is -0.117. The van der Waals surface area contributed by atoms with Gasteiger partial charge in [0.25, 0.3) is 0 Å². The maximum Gasteiger partial charge on any atom is 0.247 e. The molecule has 0 aliphatic heterocycles. The number of rotatable bonds is 5. The maximum absolute atomic E-state index is 12.0. The molecule has 0 unspecified atom stereocenters. The van der Waals surface area contributed by atoms with Gasteiger partial charge in [0.1, 0.15) is 11.0 Å². The topological polar surface area (TPSA) is 80.9 Å². The predicted molar refractivity (Wildman–Crippen MR) is 80.5 cm³/mol. The van der Waals surface area contributed by atoms with Gasteiger partial charge in [-0.2, -0.15) is 0 Å². The molecule has 5 nitrogen and oxygen atoms in total. The van der Waals surface area contributed by atoms with Crippen molar-refractivity contribution >= 4 is 22.4 Å². The fourth-order valence-corrected chi connectivity index (χ4v) is 2.69. The molecule has 0 spiro atoms. The van der Waals surface area contributed by atoms with Crippen LogP contribution in [0.2, 0.25) is 0 Å². The molecule has 0 radical (unpaired) electrons. The van der Waals surface area contributed by atoms with E-state index in [9.17, 15) is 4.79 Å². The lowest BCUT2D eigenvalue weighted by atomic mass is 10.1. The van der Waals surface area contributed by atoms with E-state index in [4.69, 9.17) is 5.73 Å². The first-order valence-corrected chi connectivity index (χ1v) is 7.31. The number of carbonyl (C=O) groups excluding carboxylic acids is 1. The molecule has 1 aromatic carbocycles. The minimum Gasteiger partial charge on any atom is -0.316 e. The van der Waals surface area contributed by atoms with Crippen LogP contribution in [0.1, 0.15) is 30.5 Å². The molecule has 0 aliphatic carbocycles. The second-order valence-corrected chi connectivity index (χ2v) is 6.04. The molecule has 1 atom stereocenters. The van der Waals surface area contributed by atoms with E-state index in [1.165, 1.54) is 11.3 Å². The van der Waals surface area contributed by atoms with Gasteiger partial charge in [-0.1, -0.05) is 55.5 Å². The van der Waals surface area contributed by atoms with Crippen molar-refractivity contribution in [2.24, 2.45) is 11.7 Å². The van der Waals surface area contributed by atoms with Crippen molar-refractivity contribution in [1.29, 1.82) is 0 Å². The SMILES string of the molecule is CC(C)Cc1nnc(NC(=O)[C@@H](N)c2ccccc2)s1. The fraction of sp³-hybridized carbons (Fsp3) is 0.357. The van der Waals surface area contributed by atoms with Gasteiger partial charge in [0, 0.05) is 6.42 Å². The van der Waals surface area contributed by atoms with Crippen LogP contribution >= 0.6 is 11.3 Å². The van der Waals surface area contributed by atoms with Crippen molar-refractivity contribution in [2.45, 2.75) is 26.3 Å². The molecule has 6 heteroatoms. The molecular formula is C14H18N4OS. The largest absolute Gasteiger partial charge is 0.316 e. The summed E-state index contributed by atoms with van der Waals surface area (Å²) in [6.07, 6.45) is 0.859. The van der Waals surface area contributed by atoms with Crippen molar-refractivity contribution in [3.8, 4) is 0 Å². The molecule has 0 saturated carbocycles. The molecule has 20 heavy (non-hydrogen) atoms. The van der Waals surface area contributed by atoms with Crippen LogP contribution in [-0.4, -0.2) is 16.1 Å². The molecule has 0 aliphatic rings. The molecule has 1 amide bonds. The van der Waals surface area contributed by atoms with E-state index in [0.29, 0.717) is 11.0 Å². The molecule has 106 valence electrons. The zero-order chi connectivity index (χ0) is 14.5. The van der Waals surface area contributed by atoms with Crippen LogP contribution in [0.15, 0.2) is 30.3 Å². The Morgan fingerprint density at radius 2 is 2.00 bits per heavy atom. The highest BCUT2D eigenvalue weighted by Gasteiger charge is 2.17. The van der Waals surface area contributed by atoms with Crippen molar-refractivity contribution in [1.82, 2.24) is 10.2 Å². The highest BCUT2D eigenvalue weighted by atomic mass is 32.1. The molecule has 0 bridgehead atoms. The average molecular weight is 290 g/mol. The lowest BCUT2D eigenvalue weighted by Crippen LogP contribution is -2.27. The monoisotopic (exact) mass is 290 g/mol. The smallest absolute Gasteiger partial charge is 0.247 e. The number of hydrogen-bond acceptors (Lipinski definition) is 5. The van der Waals surface area contributed by atoms with Gasteiger partial charge in [-0.15, -0.1) is 10.2 Å². The van der Waals surface area contributed by atoms with Gasteiger partial charge in [-0.05, 0) is 11.5 Å². The molecule has 0 fully saturated rings. The Morgan fingerprint density at radius 1 is 1.30 bits per heavy atom. The first kappa shape index (κ1) is 14.6. The summed E-state index contributed by atoms with van der Waals surface area (Å²) >= 11 is 1.39. The summed E-state index contributed by atoms with van der Waals surface area (Å²) in [5.41, 5.74) is 6.69. The molecule has 3 N–H and O–H groups in total. The molecule has 2 aromatic rings.